The number of sulfonamides is 1. The van der Waals surface area contributed by atoms with E-state index in [0.717, 1.165) is 0 Å². The average Bonchev–Trinajstić information content (AvgIpc) is 2.37. The highest BCUT2D eigenvalue weighted by Gasteiger charge is 2.17. The molecule has 0 bridgehead atoms. The van der Waals surface area contributed by atoms with E-state index in [-0.39, 0.29) is 10.8 Å². The summed E-state index contributed by atoms with van der Waals surface area (Å²) in [7, 11) is -3.79. The van der Waals surface area contributed by atoms with Gasteiger partial charge in [0.25, 0.3) is 16.0 Å². The van der Waals surface area contributed by atoms with Crippen molar-refractivity contribution in [3.8, 4) is 0 Å². The first-order valence-corrected chi connectivity index (χ1v) is 8.11. The fourth-order valence-corrected chi connectivity index (χ4v) is 2.94. The first kappa shape index (κ1) is 15.1. The lowest BCUT2D eigenvalue weighted by Crippen LogP contribution is -2.16. The lowest BCUT2D eigenvalue weighted by molar-refractivity contribution is 0.600. The Kier molecular flexibility index (Phi) is 4.26. The van der Waals surface area contributed by atoms with Crippen LogP contribution >= 0.6 is 27.5 Å². The Morgan fingerprint density at radius 2 is 1.90 bits per heavy atom. The summed E-state index contributed by atoms with van der Waals surface area (Å²) >= 11 is 9.01. The van der Waals surface area contributed by atoms with Crippen LogP contribution in [0.15, 0.2) is 27.6 Å². The highest BCUT2D eigenvalue weighted by Crippen LogP contribution is 2.25. The minimum Gasteiger partial charge on any atom is -0.246 e. The van der Waals surface area contributed by atoms with Gasteiger partial charge < -0.3 is 0 Å². The summed E-state index contributed by atoms with van der Waals surface area (Å²) in [6.07, 6.45) is 0. The minimum absolute atomic E-state index is 0.0515. The van der Waals surface area contributed by atoms with Gasteiger partial charge >= 0.3 is 0 Å². The average molecular weight is 378 g/mol. The third-order valence-corrected chi connectivity index (χ3v) is 5.06. The first-order chi connectivity index (χ1) is 9.29. The molecule has 1 heterocycles. The van der Waals surface area contributed by atoms with Gasteiger partial charge in [-0.2, -0.15) is 5.10 Å². The van der Waals surface area contributed by atoms with E-state index in [9.17, 15) is 8.42 Å². The number of halogens is 2. The molecular weight excluding hydrogens is 368 g/mol. The maximum absolute atomic E-state index is 12.2. The Bertz CT molecular complexity index is 767. The van der Waals surface area contributed by atoms with Crippen molar-refractivity contribution in [1.82, 2.24) is 15.2 Å². The SMILES string of the molecule is Cc1nnc(NS(=O)(=O)c2ccc(Cl)c(Br)c2)nc1C. The van der Waals surface area contributed by atoms with Crippen LogP contribution < -0.4 is 4.72 Å². The Morgan fingerprint density at radius 1 is 1.20 bits per heavy atom. The Hall–Kier alpha value is -1.25. The number of nitrogens with zero attached hydrogens (tertiary/aromatic N) is 3. The zero-order valence-electron chi connectivity index (χ0n) is 10.6. The van der Waals surface area contributed by atoms with Crippen molar-refractivity contribution in [2.24, 2.45) is 0 Å². The maximum atomic E-state index is 12.2. The topological polar surface area (TPSA) is 84.8 Å². The quantitative estimate of drug-likeness (QED) is 0.889. The predicted octanol–water partition coefficient (Wildman–Crippen LogP) is 2.71. The van der Waals surface area contributed by atoms with E-state index in [0.29, 0.717) is 20.9 Å². The highest BCUT2D eigenvalue weighted by atomic mass is 79.9. The number of hydrogen-bond acceptors (Lipinski definition) is 5. The molecule has 0 aliphatic rings. The van der Waals surface area contributed by atoms with Crippen LogP contribution in [0.5, 0.6) is 0 Å². The van der Waals surface area contributed by atoms with Gasteiger partial charge in [-0.3, -0.25) is 0 Å². The zero-order valence-corrected chi connectivity index (χ0v) is 13.7. The van der Waals surface area contributed by atoms with Crippen molar-refractivity contribution in [3.63, 3.8) is 0 Å². The molecule has 0 saturated carbocycles. The number of anilines is 1. The summed E-state index contributed by atoms with van der Waals surface area (Å²) in [5.74, 6) is -0.0702. The molecule has 1 aromatic heterocycles. The van der Waals surface area contributed by atoms with Crippen molar-refractivity contribution in [3.05, 3.63) is 39.1 Å². The second-order valence-corrected chi connectivity index (χ2v) is 6.93. The number of rotatable bonds is 3. The Morgan fingerprint density at radius 3 is 2.50 bits per heavy atom. The van der Waals surface area contributed by atoms with Gasteiger partial charge in [0, 0.05) is 4.47 Å². The predicted molar refractivity (Wildman–Crippen MR) is 79.3 cm³/mol. The molecular formula is C11H10BrClN4O2S. The van der Waals surface area contributed by atoms with Crippen LogP contribution in [0.4, 0.5) is 5.95 Å². The standard InChI is InChI=1S/C11H10BrClN4O2S/c1-6-7(2)15-16-11(14-6)17-20(18,19)8-3-4-10(13)9(12)5-8/h3-5H,1-2H3,(H,14,16,17). The summed E-state index contributed by atoms with van der Waals surface area (Å²) < 4.78 is 27.1. The summed E-state index contributed by atoms with van der Waals surface area (Å²) in [5, 5.41) is 7.94. The van der Waals surface area contributed by atoms with Gasteiger partial charge in [-0.15, -0.1) is 5.10 Å². The third-order valence-electron chi connectivity index (χ3n) is 2.52. The molecule has 6 nitrogen and oxygen atoms in total. The number of benzene rings is 1. The molecule has 0 spiro atoms. The smallest absolute Gasteiger partial charge is 0.246 e. The van der Waals surface area contributed by atoms with Crippen molar-refractivity contribution in [2.75, 3.05) is 4.72 Å². The monoisotopic (exact) mass is 376 g/mol. The molecule has 0 fully saturated rings. The summed E-state index contributed by atoms with van der Waals surface area (Å²) in [6, 6.07) is 4.28. The number of hydrogen-bond donors (Lipinski definition) is 1. The molecule has 1 N–H and O–H groups in total. The molecule has 2 aromatic rings. The third kappa shape index (κ3) is 3.25. The zero-order chi connectivity index (χ0) is 14.9. The van der Waals surface area contributed by atoms with E-state index in [1.807, 2.05) is 0 Å². The van der Waals surface area contributed by atoms with Crippen molar-refractivity contribution >= 4 is 43.5 Å². The molecule has 2 rings (SSSR count). The van der Waals surface area contributed by atoms with Crippen LogP contribution in [0.2, 0.25) is 5.02 Å². The second kappa shape index (κ2) is 5.63. The van der Waals surface area contributed by atoms with Crippen LogP contribution in [-0.4, -0.2) is 23.6 Å². The summed E-state index contributed by atoms with van der Waals surface area (Å²) in [4.78, 5) is 4.07. The van der Waals surface area contributed by atoms with Crippen molar-refractivity contribution in [1.29, 1.82) is 0 Å². The van der Waals surface area contributed by atoms with E-state index in [2.05, 4.69) is 35.8 Å². The number of aromatic nitrogens is 3. The molecule has 0 radical (unpaired) electrons. The Labute approximate surface area is 129 Å². The van der Waals surface area contributed by atoms with Gasteiger partial charge in [-0.1, -0.05) is 11.6 Å². The number of nitrogens with one attached hydrogen (secondary N) is 1. The van der Waals surface area contributed by atoms with E-state index < -0.39 is 10.0 Å². The highest BCUT2D eigenvalue weighted by molar-refractivity contribution is 9.10. The molecule has 20 heavy (non-hydrogen) atoms. The first-order valence-electron chi connectivity index (χ1n) is 5.45. The molecule has 9 heteroatoms. The van der Waals surface area contributed by atoms with Gasteiger partial charge in [0.05, 0.1) is 21.3 Å². The molecule has 106 valence electrons. The van der Waals surface area contributed by atoms with E-state index in [1.54, 1.807) is 13.8 Å². The molecule has 0 unspecified atom stereocenters. The lowest BCUT2D eigenvalue weighted by atomic mass is 10.4. The largest absolute Gasteiger partial charge is 0.264 e. The molecule has 0 saturated heterocycles. The van der Waals surface area contributed by atoms with Gasteiger partial charge in [0.15, 0.2) is 0 Å². The van der Waals surface area contributed by atoms with Crippen molar-refractivity contribution < 1.29 is 8.42 Å². The van der Waals surface area contributed by atoms with Gasteiger partial charge in [0.1, 0.15) is 0 Å². The van der Waals surface area contributed by atoms with Crippen LogP contribution in [0.3, 0.4) is 0 Å². The minimum atomic E-state index is -3.79. The Balaban J connectivity index is 2.35. The molecule has 1 aromatic carbocycles. The second-order valence-electron chi connectivity index (χ2n) is 3.99. The van der Waals surface area contributed by atoms with Crippen LogP contribution in [0.1, 0.15) is 11.4 Å². The van der Waals surface area contributed by atoms with Crippen LogP contribution in [0.25, 0.3) is 0 Å². The fourth-order valence-electron chi connectivity index (χ4n) is 1.32. The van der Waals surface area contributed by atoms with Gasteiger partial charge in [-0.25, -0.2) is 18.1 Å². The van der Waals surface area contributed by atoms with Crippen LogP contribution in [0, 0.1) is 13.8 Å². The van der Waals surface area contributed by atoms with E-state index in [1.165, 1.54) is 18.2 Å². The van der Waals surface area contributed by atoms with E-state index >= 15 is 0 Å². The normalized spacial score (nSPS) is 11.4. The van der Waals surface area contributed by atoms with Crippen LogP contribution in [-0.2, 0) is 10.0 Å². The number of aryl methyl sites for hydroxylation is 2. The van der Waals surface area contributed by atoms with E-state index in [4.69, 9.17) is 11.6 Å². The molecule has 0 amide bonds. The van der Waals surface area contributed by atoms with Gasteiger partial charge in [0.2, 0.25) is 0 Å². The lowest BCUT2D eigenvalue weighted by Gasteiger charge is -2.08. The van der Waals surface area contributed by atoms with Crippen molar-refractivity contribution in [2.45, 2.75) is 18.7 Å². The summed E-state index contributed by atoms with van der Waals surface area (Å²) in [5.41, 5.74) is 1.25. The molecule has 0 atom stereocenters. The molecule has 0 aliphatic heterocycles. The molecule has 0 aliphatic carbocycles. The van der Waals surface area contributed by atoms with Gasteiger partial charge in [-0.05, 0) is 48.0 Å². The fraction of sp³-hybridized carbons (Fsp3) is 0.182. The summed E-state index contributed by atoms with van der Waals surface area (Å²) in [6.45, 7) is 3.46. The maximum Gasteiger partial charge on any atom is 0.264 e.